The number of alkyl halides is 1. The van der Waals surface area contributed by atoms with E-state index >= 15 is 0 Å². The average molecular weight is 495 g/mol. The molecule has 2 aliphatic heterocycles. The number of nitrogens with two attached hydrogens (primary N) is 1. The number of amides is 2. The summed E-state index contributed by atoms with van der Waals surface area (Å²) >= 11 is 0. The minimum absolute atomic E-state index is 0.0392. The third kappa shape index (κ3) is 3.91. The Morgan fingerprint density at radius 3 is 2.86 bits per heavy atom. The van der Waals surface area contributed by atoms with E-state index in [9.17, 15) is 19.1 Å². The highest BCUT2D eigenvalue weighted by molar-refractivity contribution is 6.05. The summed E-state index contributed by atoms with van der Waals surface area (Å²) in [6, 6.07) is 6.46. The van der Waals surface area contributed by atoms with Crippen LogP contribution in [0.1, 0.15) is 23.3 Å². The second-order valence-corrected chi connectivity index (χ2v) is 9.96. The Labute approximate surface area is 205 Å². The lowest BCUT2D eigenvalue weighted by Gasteiger charge is -2.31. The van der Waals surface area contributed by atoms with Crippen molar-refractivity contribution in [2.75, 3.05) is 19.6 Å². The first-order valence-corrected chi connectivity index (χ1v) is 12.0. The van der Waals surface area contributed by atoms with E-state index < -0.39 is 30.3 Å². The molecule has 3 aromatic rings. The number of nitrogens with one attached hydrogen (secondary N) is 2. The van der Waals surface area contributed by atoms with Gasteiger partial charge in [0.2, 0.25) is 5.91 Å². The first kappa shape index (κ1) is 23.0. The zero-order valence-electron chi connectivity index (χ0n) is 19.5. The molecule has 12 heteroatoms. The molecule has 5 atom stereocenters. The summed E-state index contributed by atoms with van der Waals surface area (Å²) in [5.74, 6) is -0.658. The maximum atomic E-state index is 14.4. The van der Waals surface area contributed by atoms with Crippen LogP contribution < -0.4 is 16.4 Å². The van der Waals surface area contributed by atoms with E-state index in [4.69, 9.17) is 5.73 Å². The summed E-state index contributed by atoms with van der Waals surface area (Å²) in [5.41, 5.74) is 7.59. The van der Waals surface area contributed by atoms with Crippen molar-refractivity contribution in [2.24, 2.45) is 11.7 Å². The van der Waals surface area contributed by atoms with Crippen LogP contribution in [-0.4, -0.2) is 85.4 Å². The van der Waals surface area contributed by atoms with Gasteiger partial charge in [-0.2, -0.15) is 15.3 Å². The molecule has 0 spiro atoms. The predicted molar refractivity (Wildman–Crippen MR) is 127 cm³/mol. The van der Waals surface area contributed by atoms with Crippen molar-refractivity contribution in [2.45, 2.75) is 43.4 Å². The van der Waals surface area contributed by atoms with Crippen molar-refractivity contribution < 1.29 is 19.1 Å². The summed E-state index contributed by atoms with van der Waals surface area (Å²) in [5, 5.41) is 29.9. The Bertz CT molecular complexity index is 1330. The van der Waals surface area contributed by atoms with Crippen LogP contribution >= 0.6 is 0 Å². The third-order valence-electron chi connectivity index (χ3n) is 7.66. The maximum Gasteiger partial charge on any atom is 0.269 e. The van der Waals surface area contributed by atoms with Crippen LogP contribution in [0.15, 0.2) is 36.7 Å². The summed E-state index contributed by atoms with van der Waals surface area (Å²) in [6.07, 6.45) is 1.93. The molecular weight excluding hydrogens is 467 g/mol. The molecule has 2 amide bonds. The van der Waals surface area contributed by atoms with Crippen LogP contribution in [0.4, 0.5) is 4.39 Å². The molecule has 5 unspecified atom stereocenters. The van der Waals surface area contributed by atoms with Gasteiger partial charge >= 0.3 is 0 Å². The molecule has 1 aliphatic carbocycles. The molecule has 36 heavy (non-hydrogen) atoms. The number of hydrogen-bond donors (Lipinski definition) is 4. The minimum Gasteiger partial charge on any atom is -0.376 e. The fourth-order valence-electron chi connectivity index (χ4n) is 5.69. The van der Waals surface area contributed by atoms with Gasteiger partial charge in [-0.3, -0.25) is 19.6 Å². The minimum atomic E-state index is -1.23. The van der Waals surface area contributed by atoms with Crippen molar-refractivity contribution in [3.8, 4) is 11.1 Å². The lowest BCUT2D eigenvalue weighted by atomic mass is 10.0. The van der Waals surface area contributed by atoms with E-state index in [-0.39, 0.29) is 30.7 Å². The van der Waals surface area contributed by atoms with Crippen LogP contribution in [0, 0.1) is 5.92 Å². The summed E-state index contributed by atoms with van der Waals surface area (Å²) in [7, 11) is 0. The lowest BCUT2D eigenvalue weighted by Crippen LogP contribution is -2.54. The van der Waals surface area contributed by atoms with Crippen molar-refractivity contribution in [3.63, 3.8) is 0 Å². The number of aromatic nitrogens is 4. The fraction of sp³-hybridized carbons (Fsp3) is 0.458. The zero-order chi connectivity index (χ0) is 25.0. The smallest absolute Gasteiger partial charge is 0.269 e. The molecule has 3 aliphatic rings. The number of rotatable bonds is 7. The Hall–Kier alpha value is -3.48. The molecule has 0 radical (unpaired) electrons. The van der Waals surface area contributed by atoms with Gasteiger partial charge in [-0.15, -0.1) is 0 Å². The molecular formula is C24H27FN8O3. The number of halogens is 1. The quantitative estimate of drug-likeness (QED) is 0.330. The molecule has 2 aromatic heterocycles. The number of piperidine rings is 1. The van der Waals surface area contributed by atoms with Gasteiger partial charge in [0, 0.05) is 29.5 Å². The topological polar surface area (TPSA) is 151 Å². The molecule has 1 aromatic carbocycles. The van der Waals surface area contributed by atoms with Gasteiger partial charge in [0.1, 0.15) is 18.9 Å². The molecule has 2 saturated heterocycles. The number of carbonyl (C=O) groups excluding carboxylic acids is 2. The highest BCUT2D eigenvalue weighted by atomic mass is 19.1. The standard InChI is InChI=1S/C24H27FN8O3/c25-16-6-19(23(36)30-24-7-15(24)9-27-12-24)32(10-16)20(34)11-33-18-2-1-13(14-3-4-28-29-8-14)5-17(18)21(31-33)22(26)35/h1-5,8,15-16,19,23,27,30,36H,6-7,9-12H2,(H2,26,35). The number of aliphatic hydroxyl groups is 1. The van der Waals surface area contributed by atoms with Crippen LogP contribution in [-0.2, 0) is 11.3 Å². The number of hydrogen-bond acceptors (Lipinski definition) is 8. The number of fused-ring (bicyclic) bond motifs is 2. The van der Waals surface area contributed by atoms with Crippen LogP contribution in [0.2, 0.25) is 0 Å². The van der Waals surface area contributed by atoms with Crippen molar-refractivity contribution >= 4 is 22.7 Å². The van der Waals surface area contributed by atoms with E-state index in [1.807, 2.05) is 6.07 Å². The summed E-state index contributed by atoms with van der Waals surface area (Å²) in [6.45, 7) is 1.33. The average Bonchev–Trinajstić information content (AvgIpc) is 3.19. The van der Waals surface area contributed by atoms with E-state index in [0.717, 1.165) is 30.6 Å². The Morgan fingerprint density at radius 2 is 2.17 bits per heavy atom. The molecule has 5 N–H and O–H groups in total. The lowest BCUT2D eigenvalue weighted by molar-refractivity contribution is -0.135. The fourth-order valence-corrected chi connectivity index (χ4v) is 5.69. The highest BCUT2D eigenvalue weighted by Crippen LogP contribution is 2.46. The van der Waals surface area contributed by atoms with E-state index in [1.165, 1.54) is 9.58 Å². The number of benzene rings is 1. The largest absolute Gasteiger partial charge is 0.376 e. The van der Waals surface area contributed by atoms with Crippen LogP contribution in [0.25, 0.3) is 22.0 Å². The van der Waals surface area contributed by atoms with Gasteiger partial charge in [0.25, 0.3) is 5.91 Å². The summed E-state index contributed by atoms with van der Waals surface area (Å²) in [4.78, 5) is 26.8. The second kappa shape index (κ2) is 8.57. The number of aliphatic hydroxyl groups excluding tert-OH is 1. The maximum absolute atomic E-state index is 14.4. The number of primary amides is 1. The number of likely N-dealkylation sites (tertiary alicyclic amines) is 1. The van der Waals surface area contributed by atoms with Crippen LogP contribution in [0.5, 0.6) is 0 Å². The zero-order valence-corrected chi connectivity index (χ0v) is 19.5. The third-order valence-corrected chi connectivity index (χ3v) is 7.66. The summed E-state index contributed by atoms with van der Waals surface area (Å²) < 4.78 is 15.8. The highest BCUT2D eigenvalue weighted by Gasteiger charge is 2.58. The number of carbonyl (C=O) groups is 2. The first-order chi connectivity index (χ1) is 17.3. The van der Waals surface area contributed by atoms with Gasteiger partial charge in [0.15, 0.2) is 5.69 Å². The monoisotopic (exact) mass is 494 g/mol. The first-order valence-electron chi connectivity index (χ1n) is 12.0. The van der Waals surface area contributed by atoms with Gasteiger partial charge in [0.05, 0.1) is 30.5 Å². The SMILES string of the molecule is NC(=O)c1nn(CC(=O)N2CC(F)CC2C(O)NC23CNCC2C3)c2ccc(-c3ccnnc3)cc12. The van der Waals surface area contributed by atoms with Crippen molar-refractivity contribution in [1.82, 2.24) is 35.5 Å². The normalized spacial score (nSPS) is 27.8. The van der Waals surface area contributed by atoms with Crippen molar-refractivity contribution in [3.05, 3.63) is 42.4 Å². The van der Waals surface area contributed by atoms with Crippen molar-refractivity contribution in [1.29, 1.82) is 0 Å². The Kier molecular flexibility index (Phi) is 5.47. The molecule has 3 fully saturated rings. The molecule has 0 bridgehead atoms. The van der Waals surface area contributed by atoms with E-state index in [0.29, 0.717) is 16.8 Å². The van der Waals surface area contributed by atoms with Gasteiger partial charge in [-0.25, -0.2) is 4.39 Å². The predicted octanol–water partition coefficient (Wildman–Crippen LogP) is -0.199. The Morgan fingerprint density at radius 1 is 1.31 bits per heavy atom. The van der Waals surface area contributed by atoms with Gasteiger partial charge < -0.3 is 21.1 Å². The molecule has 6 rings (SSSR count). The van der Waals surface area contributed by atoms with Gasteiger partial charge in [-0.05, 0) is 42.6 Å². The molecule has 188 valence electrons. The second-order valence-electron chi connectivity index (χ2n) is 9.96. The Balaban J connectivity index is 1.25. The molecule has 11 nitrogen and oxygen atoms in total. The molecule has 4 heterocycles. The molecule has 1 saturated carbocycles. The number of nitrogens with zero attached hydrogens (tertiary/aromatic N) is 5. The van der Waals surface area contributed by atoms with E-state index in [1.54, 1.807) is 30.6 Å². The van der Waals surface area contributed by atoms with Crippen LogP contribution in [0.3, 0.4) is 0 Å². The van der Waals surface area contributed by atoms with Gasteiger partial charge in [-0.1, -0.05) is 6.07 Å². The van der Waals surface area contributed by atoms with E-state index in [2.05, 4.69) is 25.9 Å².